The summed E-state index contributed by atoms with van der Waals surface area (Å²) in [5, 5.41) is 13.2. The van der Waals surface area contributed by atoms with Crippen molar-refractivity contribution in [2.45, 2.75) is 77.8 Å². The van der Waals surface area contributed by atoms with E-state index in [4.69, 9.17) is 5.73 Å². The molecule has 4 N–H and O–H groups in total. The van der Waals surface area contributed by atoms with Crippen LogP contribution in [0.2, 0.25) is 0 Å². The third-order valence-electron chi connectivity index (χ3n) is 9.29. The summed E-state index contributed by atoms with van der Waals surface area (Å²) in [5.41, 5.74) is 7.47. The van der Waals surface area contributed by atoms with Crippen molar-refractivity contribution < 1.29 is 14.7 Å². The molecule has 8 atom stereocenters. The van der Waals surface area contributed by atoms with Crippen molar-refractivity contribution in [3.05, 3.63) is 11.6 Å². The molecule has 0 radical (unpaired) electrons. The number of nitrogens with one attached hydrogen (secondary N) is 1. The summed E-state index contributed by atoms with van der Waals surface area (Å²) in [6, 6.07) is -0.00814. The van der Waals surface area contributed by atoms with Crippen molar-refractivity contribution >= 4 is 11.6 Å². The Morgan fingerprint density at radius 1 is 1.31 bits per heavy atom. The fourth-order valence-electron chi connectivity index (χ4n) is 7.98. The van der Waals surface area contributed by atoms with Crippen LogP contribution in [0, 0.1) is 34.5 Å². The topological polar surface area (TPSA) is 92.4 Å². The highest BCUT2D eigenvalue weighted by atomic mass is 16.3. The molecule has 4 aliphatic rings. The Kier molecular flexibility index (Phi) is 5.54. The molecule has 4 rings (SSSR count). The molecule has 0 aromatic carbocycles. The van der Waals surface area contributed by atoms with E-state index in [1.54, 1.807) is 6.92 Å². The first-order chi connectivity index (χ1) is 13.7. The summed E-state index contributed by atoms with van der Waals surface area (Å²) < 4.78 is 0. The Labute approximate surface area is 174 Å². The highest BCUT2D eigenvalue weighted by Crippen LogP contribution is 2.66. The summed E-state index contributed by atoms with van der Waals surface area (Å²) >= 11 is 0. The molecule has 162 valence electrons. The average Bonchev–Trinajstić information content (AvgIpc) is 3.03. The summed E-state index contributed by atoms with van der Waals surface area (Å²) in [4.78, 5) is 24.6. The smallest absolute Gasteiger partial charge is 0.155 e. The molecule has 4 aliphatic carbocycles. The largest absolute Gasteiger partial charge is 0.395 e. The second-order valence-corrected chi connectivity index (χ2v) is 10.8. The van der Waals surface area contributed by atoms with Crippen LogP contribution in [0.5, 0.6) is 0 Å². The Morgan fingerprint density at radius 2 is 2.07 bits per heavy atom. The zero-order valence-corrected chi connectivity index (χ0v) is 18.2. The van der Waals surface area contributed by atoms with Crippen LogP contribution in [-0.2, 0) is 9.59 Å². The predicted octanol–water partition coefficient (Wildman–Crippen LogP) is 2.61. The maximum atomic E-state index is 12.5. The number of hydrogen-bond donors (Lipinski definition) is 3. The molecule has 29 heavy (non-hydrogen) atoms. The Bertz CT molecular complexity index is 719. The lowest BCUT2D eigenvalue weighted by atomic mass is 9.45. The fourth-order valence-corrected chi connectivity index (χ4v) is 7.98. The second kappa shape index (κ2) is 7.58. The van der Waals surface area contributed by atoms with Gasteiger partial charge in [-0.3, -0.25) is 9.59 Å². The van der Waals surface area contributed by atoms with E-state index in [-0.39, 0.29) is 41.2 Å². The number of nitrogens with two attached hydrogens (primary N) is 1. The van der Waals surface area contributed by atoms with E-state index in [1.807, 2.05) is 6.08 Å². The molecule has 0 aromatic heterocycles. The molecule has 0 aliphatic heterocycles. The van der Waals surface area contributed by atoms with Crippen LogP contribution in [0.3, 0.4) is 0 Å². The van der Waals surface area contributed by atoms with E-state index < -0.39 is 0 Å². The van der Waals surface area contributed by atoms with Crippen LogP contribution in [0.25, 0.3) is 0 Å². The van der Waals surface area contributed by atoms with Gasteiger partial charge in [0.2, 0.25) is 0 Å². The van der Waals surface area contributed by atoms with E-state index in [0.29, 0.717) is 36.5 Å². The van der Waals surface area contributed by atoms with Gasteiger partial charge in [-0.2, -0.15) is 0 Å². The molecule has 0 unspecified atom stereocenters. The van der Waals surface area contributed by atoms with E-state index in [1.165, 1.54) is 5.57 Å². The van der Waals surface area contributed by atoms with Crippen molar-refractivity contribution in [2.75, 3.05) is 13.2 Å². The third-order valence-corrected chi connectivity index (χ3v) is 9.29. The fraction of sp³-hybridized carbons (Fsp3) is 0.833. The molecule has 0 saturated heterocycles. The molecule has 3 saturated carbocycles. The minimum absolute atomic E-state index is 0.0271. The van der Waals surface area contributed by atoms with Gasteiger partial charge in [0, 0.05) is 31.0 Å². The second-order valence-electron chi connectivity index (χ2n) is 10.8. The molecule has 5 nitrogen and oxygen atoms in total. The molecule has 0 amide bonds. The molecule has 0 bridgehead atoms. The van der Waals surface area contributed by atoms with Crippen LogP contribution in [0.4, 0.5) is 0 Å². The number of ketones is 2. The van der Waals surface area contributed by atoms with Crippen LogP contribution in [-0.4, -0.2) is 41.9 Å². The van der Waals surface area contributed by atoms with Gasteiger partial charge in [0.05, 0.1) is 6.61 Å². The molecular weight excluding hydrogens is 364 g/mol. The van der Waals surface area contributed by atoms with Gasteiger partial charge in [0.15, 0.2) is 5.78 Å². The van der Waals surface area contributed by atoms with Crippen molar-refractivity contribution in [3.63, 3.8) is 0 Å². The van der Waals surface area contributed by atoms with Gasteiger partial charge in [-0.15, -0.1) is 0 Å². The maximum Gasteiger partial charge on any atom is 0.155 e. The van der Waals surface area contributed by atoms with Gasteiger partial charge in [-0.25, -0.2) is 0 Å². The monoisotopic (exact) mass is 402 g/mol. The Morgan fingerprint density at radius 3 is 2.76 bits per heavy atom. The van der Waals surface area contributed by atoms with Crippen LogP contribution in [0.15, 0.2) is 11.6 Å². The van der Waals surface area contributed by atoms with Crippen LogP contribution < -0.4 is 11.1 Å². The minimum Gasteiger partial charge on any atom is -0.395 e. The predicted molar refractivity (Wildman–Crippen MR) is 113 cm³/mol. The van der Waals surface area contributed by atoms with Crippen molar-refractivity contribution in [1.29, 1.82) is 0 Å². The molecule has 5 heteroatoms. The number of carbonyl (C=O) groups excluding carboxylic acids is 2. The highest BCUT2D eigenvalue weighted by molar-refractivity contribution is 5.91. The Hall–Kier alpha value is -1.04. The zero-order chi connectivity index (χ0) is 21.0. The third kappa shape index (κ3) is 3.34. The SMILES string of the molecule is CC(=O)[C@H]1CC[C@H]2[C@@H]3CCC4=CC(=O)CC[C@]4(C)[C@H]3[C@@H](NC[C@@H](N)CO)C[C@]12C. The molecule has 0 spiro atoms. The number of Topliss-reactive ketones (excluding diaryl/α,β-unsaturated/α-hetero) is 1. The van der Waals surface area contributed by atoms with Gasteiger partial charge in [0.25, 0.3) is 0 Å². The summed E-state index contributed by atoms with van der Waals surface area (Å²) in [6.07, 6.45) is 8.80. The van der Waals surface area contributed by atoms with Crippen molar-refractivity contribution in [3.8, 4) is 0 Å². The average molecular weight is 403 g/mol. The number of hydrogen-bond acceptors (Lipinski definition) is 5. The number of allylic oxidation sites excluding steroid dienone is 1. The number of fused-ring (bicyclic) bond motifs is 5. The summed E-state index contributed by atoms with van der Waals surface area (Å²) in [5.74, 6) is 2.40. The first kappa shape index (κ1) is 21.2. The summed E-state index contributed by atoms with van der Waals surface area (Å²) in [6.45, 7) is 7.06. The quantitative estimate of drug-likeness (QED) is 0.657. The van der Waals surface area contributed by atoms with Gasteiger partial charge in [-0.05, 0) is 80.1 Å². The Balaban J connectivity index is 1.71. The van der Waals surface area contributed by atoms with E-state index in [0.717, 1.165) is 38.5 Å². The number of rotatable bonds is 5. The zero-order valence-electron chi connectivity index (χ0n) is 18.2. The van der Waals surface area contributed by atoms with Gasteiger partial charge in [0.1, 0.15) is 5.78 Å². The van der Waals surface area contributed by atoms with Gasteiger partial charge in [-0.1, -0.05) is 19.4 Å². The first-order valence-corrected chi connectivity index (χ1v) is 11.5. The van der Waals surface area contributed by atoms with E-state index in [2.05, 4.69) is 19.2 Å². The van der Waals surface area contributed by atoms with Crippen LogP contribution >= 0.6 is 0 Å². The molecule has 0 heterocycles. The van der Waals surface area contributed by atoms with Crippen molar-refractivity contribution in [2.24, 2.45) is 40.2 Å². The highest BCUT2D eigenvalue weighted by Gasteiger charge is 2.62. The molecule has 3 fully saturated rings. The first-order valence-electron chi connectivity index (χ1n) is 11.5. The van der Waals surface area contributed by atoms with Crippen molar-refractivity contribution in [1.82, 2.24) is 5.32 Å². The maximum absolute atomic E-state index is 12.5. The standard InChI is InChI=1S/C24H38N2O3/c1-14(28)19-6-7-20-18-5-4-15-10-17(29)8-9-23(15,2)22(18)21(11-24(19,20)3)26-12-16(25)13-27/h10,16,18-22,26-27H,4-9,11-13,25H2,1-3H3/t16-,18+,19-,20+,21+,22-,23+,24-/m1/s1. The lowest BCUT2D eigenvalue weighted by Crippen LogP contribution is -2.61. The number of carbonyl (C=O) groups is 2. The molecule has 0 aromatic rings. The minimum atomic E-state index is -0.273. The van der Waals surface area contributed by atoms with Gasteiger partial charge < -0.3 is 16.2 Å². The number of aliphatic hydroxyl groups excluding tert-OH is 1. The lowest BCUT2D eigenvalue weighted by molar-refractivity contribution is -0.130. The molecular formula is C24H38N2O3. The van der Waals surface area contributed by atoms with Gasteiger partial charge >= 0.3 is 0 Å². The number of aliphatic hydroxyl groups is 1. The van der Waals surface area contributed by atoms with E-state index in [9.17, 15) is 14.7 Å². The van der Waals surface area contributed by atoms with E-state index >= 15 is 0 Å². The normalized spacial score (nSPS) is 45.1. The lowest BCUT2D eigenvalue weighted by Gasteiger charge is -2.61. The van der Waals surface area contributed by atoms with Crippen LogP contribution in [0.1, 0.15) is 65.7 Å². The summed E-state index contributed by atoms with van der Waals surface area (Å²) in [7, 11) is 0.